The van der Waals surface area contributed by atoms with Gasteiger partial charge in [-0.15, -0.1) is 0 Å². The maximum atomic E-state index is 13.3. The molecule has 0 spiro atoms. The van der Waals surface area contributed by atoms with Crippen molar-refractivity contribution in [3.05, 3.63) is 100 Å². The fourth-order valence-corrected chi connectivity index (χ4v) is 4.26. The van der Waals surface area contributed by atoms with Gasteiger partial charge in [0.25, 0.3) is 11.7 Å². The largest absolute Gasteiger partial charge is 0.507 e. The van der Waals surface area contributed by atoms with Crippen LogP contribution in [-0.2, 0) is 9.59 Å². The molecule has 0 aliphatic carbocycles. The summed E-state index contributed by atoms with van der Waals surface area (Å²) in [6, 6.07) is 19.7. The molecular weight excluding hydrogens is 414 g/mol. The standard InChI is InChI=1S/C28H27NO4/c1-5-33-22-13-11-21(12-14-22)29-25(20-8-6-7-17(2)15-20)24(27(31)28(29)32)26(30)23-16-18(3)9-10-19(23)4/h6-16,25,30H,5H2,1-4H3/b26-24+. The first kappa shape index (κ1) is 22.3. The van der Waals surface area contributed by atoms with E-state index >= 15 is 0 Å². The topological polar surface area (TPSA) is 66.8 Å². The lowest BCUT2D eigenvalue weighted by molar-refractivity contribution is -0.132. The molecule has 1 unspecified atom stereocenters. The average molecular weight is 442 g/mol. The van der Waals surface area contributed by atoms with Crippen LogP contribution in [0.4, 0.5) is 5.69 Å². The van der Waals surface area contributed by atoms with Gasteiger partial charge in [0.1, 0.15) is 11.5 Å². The summed E-state index contributed by atoms with van der Waals surface area (Å²) in [6.45, 7) is 8.18. The second-order valence-corrected chi connectivity index (χ2v) is 8.33. The van der Waals surface area contributed by atoms with Gasteiger partial charge in [-0.1, -0.05) is 47.5 Å². The normalized spacial score (nSPS) is 17.5. The van der Waals surface area contributed by atoms with E-state index in [4.69, 9.17) is 4.74 Å². The predicted molar refractivity (Wildman–Crippen MR) is 129 cm³/mol. The number of rotatable bonds is 5. The quantitative estimate of drug-likeness (QED) is 0.316. The average Bonchev–Trinajstić information content (AvgIpc) is 3.06. The van der Waals surface area contributed by atoms with Crippen LogP contribution in [-0.4, -0.2) is 23.4 Å². The molecule has 1 aliphatic heterocycles. The van der Waals surface area contributed by atoms with Crippen molar-refractivity contribution < 1.29 is 19.4 Å². The lowest BCUT2D eigenvalue weighted by Crippen LogP contribution is -2.29. The van der Waals surface area contributed by atoms with Gasteiger partial charge in [-0.25, -0.2) is 0 Å². The number of ketones is 1. The van der Waals surface area contributed by atoms with Gasteiger partial charge in [-0.05, 0) is 69.2 Å². The Morgan fingerprint density at radius 2 is 1.64 bits per heavy atom. The first-order valence-electron chi connectivity index (χ1n) is 11.0. The molecule has 1 aliphatic rings. The highest BCUT2D eigenvalue weighted by Crippen LogP contribution is 2.43. The molecule has 1 amide bonds. The monoisotopic (exact) mass is 441 g/mol. The first-order chi connectivity index (χ1) is 15.8. The smallest absolute Gasteiger partial charge is 0.300 e. The second-order valence-electron chi connectivity index (χ2n) is 8.33. The van der Waals surface area contributed by atoms with Crippen LogP contribution >= 0.6 is 0 Å². The Morgan fingerprint density at radius 3 is 2.30 bits per heavy atom. The van der Waals surface area contributed by atoms with Gasteiger partial charge in [0.2, 0.25) is 0 Å². The van der Waals surface area contributed by atoms with Crippen molar-refractivity contribution >= 4 is 23.1 Å². The second kappa shape index (κ2) is 8.94. The number of nitrogens with zero attached hydrogens (tertiary/aromatic N) is 1. The number of anilines is 1. The molecule has 5 heteroatoms. The summed E-state index contributed by atoms with van der Waals surface area (Å²) in [7, 11) is 0. The van der Waals surface area contributed by atoms with Crippen molar-refractivity contribution in [3.63, 3.8) is 0 Å². The van der Waals surface area contributed by atoms with E-state index in [0.29, 0.717) is 23.6 Å². The number of aryl methyl sites for hydroxylation is 3. The highest BCUT2D eigenvalue weighted by Gasteiger charge is 2.47. The third-order valence-corrected chi connectivity index (χ3v) is 5.88. The lowest BCUT2D eigenvalue weighted by Gasteiger charge is -2.26. The molecule has 4 rings (SSSR count). The highest BCUT2D eigenvalue weighted by molar-refractivity contribution is 6.51. The molecule has 3 aromatic rings. The number of hydrogen-bond donors (Lipinski definition) is 1. The van der Waals surface area contributed by atoms with Crippen LogP contribution in [0.1, 0.15) is 40.8 Å². The summed E-state index contributed by atoms with van der Waals surface area (Å²) < 4.78 is 5.52. The molecule has 5 nitrogen and oxygen atoms in total. The molecule has 1 saturated heterocycles. The molecule has 0 bridgehead atoms. The fraction of sp³-hybridized carbons (Fsp3) is 0.214. The van der Waals surface area contributed by atoms with Crippen LogP contribution < -0.4 is 9.64 Å². The Hall–Kier alpha value is -3.86. The van der Waals surface area contributed by atoms with Crippen LogP contribution in [0.15, 0.2) is 72.3 Å². The molecule has 1 heterocycles. The maximum absolute atomic E-state index is 13.3. The predicted octanol–water partition coefficient (Wildman–Crippen LogP) is 5.64. The molecule has 3 aromatic carbocycles. The first-order valence-corrected chi connectivity index (χ1v) is 11.0. The van der Waals surface area contributed by atoms with Gasteiger partial charge in [-0.2, -0.15) is 0 Å². The number of benzene rings is 3. The minimum atomic E-state index is -0.747. The molecule has 33 heavy (non-hydrogen) atoms. The third-order valence-electron chi connectivity index (χ3n) is 5.88. The molecule has 0 saturated carbocycles. The van der Waals surface area contributed by atoms with Crippen molar-refractivity contribution in [1.82, 2.24) is 0 Å². The van der Waals surface area contributed by atoms with E-state index in [1.165, 1.54) is 4.90 Å². The number of aliphatic hydroxyl groups excluding tert-OH is 1. The van der Waals surface area contributed by atoms with Gasteiger partial charge >= 0.3 is 0 Å². The van der Waals surface area contributed by atoms with Crippen LogP contribution in [0.25, 0.3) is 5.76 Å². The Kier molecular flexibility index (Phi) is 6.05. The minimum absolute atomic E-state index is 0.0909. The van der Waals surface area contributed by atoms with Gasteiger partial charge in [0.15, 0.2) is 0 Å². The molecule has 0 radical (unpaired) electrons. The summed E-state index contributed by atoms with van der Waals surface area (Å²) in [5.41, 5.74) is 4.74. The van der Waals surface area contributed by atoms with Crippen molar-refractivity contribution in [3.8, 4) is 5.75 Å². The number of Topliss-reactive ketones (excluding diaryl/α,β-unsaturated/α-hetero) is 1. The van der Waals surface area contributed by atoms with Crippen LogP contribution in [0.5, 0.6) is 5.75 Å². The van der Waals surface area contributed by atoms with E-state index in [2.05, 4.69) is 0 Å². The summed E-state index contributed by atoms with van der Waals surface area (Å²) in [5, 5.41) is 11.4. The zero-order chi connectivity index (χ0) is 23.7. The Labute approximate surface area is 193 Å². The molecule has 0 aromatic heterocycles. The fourth-order valence-electron chi connectivity index (χ4n) is 4.26. The number of hydrogen-bond acceptors (Lipinski definition) is 4. The summed E-state index contributed by atoms with van der Waals surface area (Å²) in [6.07, 6.45) is 0. The molecule has 1 N–H and O–H groups in total. The number of ether oxygens (including phenoxy) is 1. The van der Waals surface area contributed by atoms with E-state index in [0.717, 1.165) is 22.3 Å². The zero-order valence-electron chi connectivity index (χ0n) is 19.3. The minimum Gasteiger partial charge on any atom is -0.507 e. The van der Waals surface area contributed by atoms with Gasteiger partial charge in [0.05, 0.1) is 18.2 Å². The van der Waals surface area contributed by atoms with Gasteiger partial charge < -0.3 is 9.84 Å². The SMILES string of the molecule is CCOc1ccc(N2C(=O)C(=O)/C(=C(/O)c3cc(C)ccc3C)C2c2cccc(C)c2)cc1. The highest BCUT2D eigenvalue weighted by atomic mass is 16.5. The number of amides is 1. The van der Waals surface area contributed by atoms with Crippen LogP contribution in [0, 0.1) is 20.8 Å². The van der Waals surface area contributed by atoms with Crippen LogP contribution in [0.3, 0.4) is 0 Å². The summed E-state index contributed by atoms with van der Waals surface area (Å²) in [5.74, 6) is -0.846. The molecule has 1 fully saturated rings. The molecular formula is C28H27NO4. The lowest BCUT2D eigenvalue weighted by atomic mass is 9.92. The van der Waals surface area contributed by atoms with Crippen molar-refractivity contribution in [2.24, 2.45) is 0 Å². The van der Waals surface area contributed by atoms with E-state index in [1.807, 2.05) is 70.2 Å². The van der Waals surface area contributed by atoms with E-state index < -0.39 is 17.7 Å². The molecule has 168 valence electrons. The van der Waals surface area contributed by atoms with Crippen molar-refractivity contribution in [1.29, 1.82) is 0 Å². The number of carbonyl (C=O) groups excluding carboxylic acids is 2. The van der Waals surface area contributed by atoms with E-state index in [1.54, 1.807) is 24.3 Å². The maximum Gasteiger partial charge on any atom is 0.300 e. The van der Waals surface area contributed by atoms with Crippen molar-refractivity contribution in [2.45, 2.75) is 33.7 Å². The Balaban J connectivity index is 1.93. The summed E-state index contributed by atoms with van der Waals surface area (Å²) >= 11 is 0. The third kappa shape index (κ3) is 4.14. The van der Waals surface area contributed by atoms with Crippen LogP contribution in [0.2, 0.25) is 0 Å². The molecule has 1 atom stereocenters. The Morgan fingerprint density at radius 1 is 0.939 bits per heavy atom. The van der Waals surface area contributed by atoms with Gasteiger partial charge in [-0.3, -0.25) is 14.5 Å². The van der Waals surface area contributed by atoms with E-state index in [9.17, 15) is 14.7 Å². The summed E-state index contributed by atoms with van der Waals surface area (Å²) in [4.78, 5) is 28.0. The number of carbonyl (C=O) groups is 2. The van der Waals surface area contributed by atoms with E-state index in [-0.39, 0.29) is 11.3 Å². The zero-order valence-corrected chi connectivity index (χ0v) is 19.3. The Bertz CT molecular complexity index is 1260. The van der Waals surface area contributed by atoms with Gasteiger partial charge in [0, 0.05) is 11.3 Å². The van der Waals surface area contributed by atoms with Crippen molar-refractivity contribution in [2.75, 3.05) is 11.5 Å². The number of aliphatic hydroxyl groups is 1.